The molecule has 1 heterocycles. The molecule has 1 aromatic heterocycles. The van der Waals surface area contributed by atoms with Crippen molar-refractivity contribution in [3.63, 3.8) is 0 Å². The second-order valence-corrected chi connectivity index (χ2v) is 6.48. The van der Waals surface area contributed by atoms with Gasteiger partial charge in [0, 0.05) is 25.2 Å². The lowest BCUT2D eigenvalue weighted by molar-refractivity contribution is 0.0748. The molecule has 0 aliphatic heterocycles. The zero-order valence-corrected chi connectivity index (χ0v) is 15.7. The molecule has 0 radical (unpaired) electrons. The molecule has 0 bridgehead atoms. The first-order valence-corrected chi connectivity index (χ1v) is 8.31. The Morgan fingerprint density at radius 1 is 1.38 bits per heavy atom. The van der Waals surface area contributed by atoms with Crippen LogP contribution in [0.4, 0.5) is 5.69 Å². The van der Waals surface area contributed by atoms with Crippen molar-refractivity contribution in [2.75, 3.05) is 18.9 Å². The van der Waals surface area contributed by atoms with E-state index in [1.165, 1.54) is 11.3 Å². The number of nitrogens with zero attached hydrogens (tertiary/aromatic N) is 1. The predicted molar refractivity (Wildman–Crippen MR) is 102 cm³/mol. The van der Waals surface area contributed by atoms with Gasteiger partial charge >= 0.3 is 0 Å². The fraction of sp³-hybridized carbons (Fsp3) is 0.250. The van der Waals surface area contributed by atoms with Gasteiger partial charge in [0.25, 0.3) is 11.8 Å². The van der Waals surface area contributed by atoms with Gasteiger partial charge in [-0.3, -0.25) is 9.59 Å². The van der Waals surface area contributed by atoms with Crippen LogP contribution in [0, 0.1) is 0 Å². The van der Waals surface area contributed by atoms with Crippen LogP contribution in [-0.2, 0) is 0 Å². The third kappa shape index (κ3) is 4.70. The Morgan fingerprint density at radius 3 is 2.67 bits per heavy atom. The van der Waals surface area contributed by atoms with E-state index in [1.807, 2.05) is 12.3 Å². The molecular formula is C16H19Cl2N3O2S. The number of benzene rings is 1. The highest BCUT2D eigenvalue weighted by Crippen LogP contribution is 2.25. The zero-order chi connectivity index (χ0) is 17.0. The van der Waals surface area contributed by atoms with Crippen molar-refractivity contribution in [1.82, 2.24) is 4.90 Å². The lowest BCUT2D eigenvalue weighted by atomic mass is 10.1. The van der Waals surface area contributed by atoms with E-state index in [2.05, 4.69) is 5.32 Å². The molecular weight excluding hydrogens is 369 g/mol. The summed E-state index contributed by atoms with van der Waals surface area (Å²) in [5.41, 5.74) is 6.44. The molecule has 8 heteroatoms. The molecule has 1 atom stereocenters. The molecule has 0 aliphatic rings. The van der Waals surface area contributed by atoms with Crippen LogP contribution < -0.4 is 11.1 Å². The first-order valence-electron chi connectivity index (χ1n) is 7.05. The van der Waals surface area contributed by atoms with Crippen molar-refractivity contribution in [3.8, 4) is 0 Å². The molecule has 0 spiro atoms. The van der Waals surface area contributed by atoms with Crippen molar-refractivity contribution in [1.29, 1.82) is 0 Å². The molecule has 1 aromatic carbocycles. The summed E-state index contributed by atoms with van der Waals surface area (Å²) < 4.78 is 0. The summed E-state index contributed by atoms with van der Waals surface area (Å²) in [5, 5.41) is 4.93. The van der Waals surface area contributed by atoms with E-state index in [1.54, 1.807) is 42.3 Å². The first-order chi connectivity index (χ1) is 10.9. The van der Waals surface area contributed by atoms with Crippen molar-refractivity contribution >= 4 is 52.8 Å². The van der Waals surface area contributed by atoms with Crippen LogP contribution in [0.25, 0.3) is 0 Å². The van der Waals surface area contributed by atoms with Gasteiger partial charge < -0.3 is 16.0 Å². The number of carbonyl (C=O) groups excluding carboxylic acids is 2. The summed E-state index contributed by atoms with van der Waals surface area (Å²) in [6.45, 7) is 2.24. The van der Waals surface area contributed by atoms with Crippen LogP contribution in [0.2, 0.25) is 5.02 Å². The van der Waals surface area contributed by atoms with E-state index < -0.39 is 0 Å². The maximum Gasteiger partial charge on any atom is 0.265 e. The second kappa shape index (κ2) is 9.03. The standard InChI is InChI=1S/C16H18ClN3O2S.ClH/c1-10(9-18)20(2)16(22)11-5-6-12(17)13(8-11)19-15(21)14-4-3-7-23-14;/h3-8,10H,9,18H2,1-2H3,(H,19,21);1H. The van der Waals surface area contributed by atoms with Gasteiger partial charge in [-0.25, -0.2) is 0 Å². The summed E-state index contributed by atoms with van der Waals surface area (Å²) in [4.78, 5) is 26.7. The van der Waals surface area contributed by atoms with Gasteiger partial charge in [-0.1, -0.05) is 17.7 Å². The Hall–Kier alpha value is -1.60. The third-order valence-electron chi connectivity index (χ3n) is 3.53. The molecule has 2 aromatic rings. The Bertz CT molecular complexity index is 707. The lowest BCUT2D eigenvalue weighted by Crippen LogP contribution is -2.39. The fourth-order valence-electron chi connectivity index (χ4n) is 1.91. The number of nitrogens with one attached hydrogen (secondary N) is 1. The van der Waals surface area contributed by atoms with E-state index >= 15 is 0 Å². The minimum atomic E-state index is -0.254. The average molecular weight is 388 g/mol. The zero-order valence-electron chi connectivity index (χ0n) is 13.3. The lowest BCUT2D eigenvalue weighted by Gasteiger charge is -2.24. The largest absolute Gasteiger partial charge is 0.338 e. The Morgan fingerprint density at radius 2 is 2.08 bits per heavy atom. The van der Waals surface area contributed by atoms with Gasteiger partial charge in [0.15, 0.2) is 0 Å². The number of hydrogen-bond donors (Lipinski definition) is 2. The third-order valence-corrected chi connectivity index (χ3v) is 4.73. The second-order valence-electron chi connectivity index (χ2n) is 5.13. The van der Waals surface area contributed by atoms with E-state index in [4.69, 9.17) is 17.3 Å². The SMILES string of the molecule is CC(CN)N(C)C(=O)c1ccc(Cl)c(NC(=O)c2cccs2)c1.Cl. The molecule has 0 fully saturated rings. The van der Waals surface area contributed by atoms with Crippen molar-refractivity contribution < 1.29 is 9.59 Å². The number of rotatable bonds is 5. The van der Waals surface area contributed by atoms with E-state index in [0.717, 1.165) is 0 Å². The smallest absolute Gasteiger partial charge is 0.265 e. The number of likely N-dealkylation sites (N-methyl/N-ethyl adjacent to an activating group) is 1. The van der Waals surface area contributed by atoms with Crippen LogP contribution >= 0.6 is 35.3 Å². The van der Waals surface area contributed by atoms with Gasteiger partial charge in [0.05, 0.1) is 15.6 Å². The predicted octanol–water partition coefficient (Wildman–Crippen LogP) is 3.49. The van der Waals surface area contributed by atoms with Crippen LogP contribution in [-0.4, -0.2) is 36.3 Å². The summed E-state index contributed by atoms with van der Waals surface area (Å²) in [6.07, 6.45) is 0. The summed E-state index contributed by atoms with van der Waals surface area (Å²) in [6, 6.07) is 8.24. The first kappa shape index (κ1) is 20.4. The van der Waals surface area contributed by atoms with E-state index in [9.17, 15) is 9.59 Å². The Balaban J connectivity index is 0.00000288. The number of hydrogen-bond acceptors (Lipinski definition) is 4. The number of nitrogens with two attached hydrogens (primary N) is 1. The van der Waals surface area contributed by atoms with Crippen molar-refractivity contribution in [3.05, 3.63) is 51.2 Å². The number of halogens is 2. The van der Waals surface area contributed by atoms with Crippen LogP contribution in [0.15, 0.2) is 35.7 Å². The number of anilines is 1. The molecule has 2 amide bonds. The quantitative estimate of drug-likeness (QED) is 0.823. The normalized spacial score (nSPS) is 11.3. The Labute approximate surface area is 156 Å². The van der Waals surface area contributed by atoms with Gasteiger partial charge in [0.2, 0.25) is 0 Å². The highest BCUT2D eigenvalue weighted by molar-refractivity contribution is 7.12. The number of thiophene rings is 1. The molecule has 24 heavy (non-hydrogen) atoms. The highest BCUT2D eigenvalue weighted by atomic mass is 35.5. The molecule has 0 saturated heterocycles. The minimum Gasteiger partial charge on any atom is -0.338 e. The van der Waals surface area contributed by atoms with Crippen LogP contribution in [0.5, 0.6) is 0 Å². The monoisotopic (exact) mass is 387 g/mol. The number of carbonyl (C=O) groups is 2. The summed E-state index contributed by atoms with van der Waals surface area (Å²) in [7, 11) is 1.69. The molecule has 5 nitrogen and oxygen atoms in total. The molecule has 0 saturated carbocycles. The summed E-state index contributed by atoms with van der Waals surface area (Å²) >= 11 is 7.45. The minimum absolute atomic E-state index is 0. The topological polar surface area (TPSA) is 75.4 Å². The molecule has 3 N–H and O–H groups in total. The van der Waals surface area contributed by atoms with Gasteiger partial charge in [-0.05, 0) is 36.6 Å². The Kier molecular flexibility index (Phi) is 7.69. The van der Waals surface area contributed by atoms with Gasteiger partial charge in [0.1, 0.15) is 0 Å². The van der Waals surface area contributed by atoms with Gasteiger partial charge in [-0.15, -0.1) is 23.7 Å². The van der Waals surface area contributed by atoms with E-state index in [0.29, 0.717) is 27.7 Å². The maximum absolute atomic E-state index is 12.4. The van der Waals surface area contributed by atoms with Crippen LogP contribution in [0.1, 0.15) is 27.0 Å². The van der Waals surface area contributed by atoms with Gasteiger partial charge in [-0.2, -0.15) is 0 Å². The number of amides is 2. The fourth-order valence-corrected chi connectivity index (χ4v) is 2.69. The summed E-state index contributed by atoms with van der Waals surface area (Å²) in [5.74, 6) is -0.429. The molecule has 130 valence electrons. The van der Waals surface area contributed by atoms with Crippen molar-refractivity contribution in [2.45, 2.75) is 13.0 Å². The van der Waals surface area contributed by atoms with Crippen molar-refractivity contribution in [2.24, 2.45) is 5.73 Å². The van der Waals surface area contributed by atoms with E-state index in [-0.39, 0.29) is 30.3 Å². The molecule has 2 rings (SSSR count). The molecule has 0 aliphatic carbocycles. The molecule has 1 unspecified atom stereocenters. The maximum atomic E-state index is 12.4. The highest BCUT2D eigenvalue weighted by Gasteiger charge is 2.18. The van der Waals surface area contributed by atoms with Crippen LogP contribution in [0.3, 0.4) is 0 Å². The average Bonchev–Trinajstić information content (AvgIpc) is 3.09.